The molecule has 2 heteroatoms. The molecule has 1 atom stereocenters. The number of nitrogens with zero attached hydrogens (tertiary/aromatic N) is 1. The minimum absolute atomic E-state index is 0.499. The van der Waals surface area contributed by atoms with Gasteiger partial charge in [-0.2, -0.15) is 0 Å². The minimum Gasteiger partial charge on any atom is -0.481 e. The van der Waals surface area contributed by atoms with Crippen molar-refractivity contribution >= 4 is 5.90 Å². The Morgan fingerprint density at radius 2 is 2.14 bits per heavy atom. The van der Waals surface area contributed by atoms with Crippen LogP contribution in [0, 0.1) is 5.92 Å². The van der Waals surface area contributed by atoms with Crippen LogP contribution in [0.4, 0.5) is 0 Å². The Bertz CT molecular complexity index is 318. The standard InChI is InChI=1S/C12H15NO/c1-10-7-8-14-12(10)13-9-11-5-3-2-4-6-11/h2-6,10H,7-9H2,1H3. The van der Waals surface area contributed by atoms with Crippen LogP contribution < -0.4 is 0 Å². The zero-order valence-electron chi connectivity index (χ0n) is 8.44. The van der Waals surface area contributed by atoms with Crippen molar-refractivity contribution in [2.75, 3.05) is 6.61 Å². The summed E-state index contributed by atoms with van der Waals surface area (Å²) in [6.45, 7) is 3.73. The normalized spacial score (nSPS) is 23.8. The van der Waals surface area contributed by atoms with E-state index in [0.29, 0.717) is 5.92 Å². The Morgan fingerprint density at radius 3 is 2.79 bits per heavy atom. The van der Waals surface area contributed by atoms with Crippen LogP contribution >= 0.6 is 0 Å². The molecule has 1 aliphatic rings. The summed E-state index contributed by atoms with van der Waals surface area (Å²) in [5.74, 6) is 1.42. The van der Waals surface area contributed by atoms with Crippen LogP contribution in [-0.2, 0) is 11.3 Å². The number of hydrogen-bond acceptors (Lipinski definition) is 2. The van der Waals surface area contributed by atoms with Crippen LogP contribution in [0.3, 0.4) is 0 Å². The second-order valence-corrected chi connectivity index (χ2v) is 3.68. The van der Waals surface area contributed by atoms with Gasteiger partial charge < -0.3 is 4.74 Å². The first-order valence-corrected chi connectivity index (χ1v) is 5.07. The Hall–Kier alpha value is -1.31. The molecule has 0 saturated carbocycles. The van der Waals surface area contributed by atoms with Crippen LogP contribution in [0.5, 0.6) is 0 Å². The van der Waals surface area contributed by atoms with E-state index in [9.17, 15) is 0 Å². The number of rotatable bonds is 2. The Labute approximate surface area is 84.6 Å². The Kier molecular flexibility index (Phi) is 2.82. The van der Waals surface area contributed by atoms with Gasteiger partial charge in [0.25, 0.3) is 0 Å². The van der Waals surface area contributed by atoms with Gasteiger partial charge in [-0.1, -0.05) is 37.3 Å². The van der Waals surface area contributed by atoms with Crippen molar-refractivity contribution in [3.05, 3.63) is 35.9 Å². The molecule has 0 amide bonds. The van der Waals surface area contributed by atoms with Crippen molar-refractivity contribution in [1.29, 1.82) is 0 Å². The molecule has 14 heavy (non-hydrogen) atoms. The highest BCUT2D eigenvalue weighted by Crippen LogP contribution is 2.15. The third-order valence-electron chi connectivity index (χ3n) is 2.48. The molecule has 1 saturated heterocycles. The summed E-state index contributed by atoms with van der Waals surface area (Å²) in [5.41, 5.74) is 1.24. The maximum absolute atomic E-state index is 5.44. The van der Waals surface area contributed by atoms with Gasteiger partial charge in [0, 0.05) is 5.92 Å². The average Bonchev–Trinajstić information content (AvgIpc) is 2.63. The second-order valence-electron chi connectivity index (χ2n) is 3.68. The van der Waals surface area contributed by atoms with Crippen LogP contribution in [0.1, 0.15) is 18.9 Å². The maximum atomic E-state index is 5.44. The van der Waals surface area contributed by atoms with E-state index in [0.717, 1.165) is 25.5 Å². The zero-order chi connectivity index (χ0) is 9.80. The van der Waals surface area contributed by atoms with E-state index in [4.69, 9.17) is 4.74 Å². The van der Waals surface area contributed by atoms with E-state index >= 15 is 0 Å². The van der Waals surface area contributed by atoms with Gasteiger partial charge in [0.1, 0.15) is 0 Å². The predicted octanol–water partition coefficient (Wildman–Crippen LogP) is 2.64. The lowest BCUT2D eigenvalue weighted by Gasteiger charge is -2.02. The van der Waals surface area contributed by atoms with Crippen molar-refractivity contribution in [1.82, 2.24) is 0 Å². The summed E-state index contributed by atoms with van der Waals surface area (Å²) in [4.78, 5) is 4.47. The monoisotopic (exact) mass is 189 g/mol. The SMILES string of the molecule is CC1CCOC1=NCc1ccccc1. The Balaban J connectivity index is 1.99. The lowest BCUT2D eigenvalue weighted by atomic mass is 10.1. The van der Waals surface area contributed by atoms with Gasteiger partial charge in [-0.25, -0.2) is 0 Å². The van der Waals surface area contributed by atoms with Crippen molar-refractivity contribution < 1.29 is 4.74 Å². The molecule has 0 bridgehead atoms. The molecule has 1 fully saturated rings. The second kappa shape index (κ2) is 4.27. The van der Waals surface area contributed by atoms with Crippen LogP contribution in [0.2, 0.25) is 0 Å². The summed E-state index contributed by atoms with van der Waals surface area (Å²) in [6.07, 6.45) is 1.10. The molecule has 0 spiro atoms. The number of benzene rings is 1. The molecule has 1 unspecified atom stereocenters. The molecule has 2 nitrogen and oxygen atoms in total. The highest BCUT2D eigenvalue weighted by molar-refractivity contribution is 5.79. The van der Waals surface area contributed by atoms with Gasteiger partial charge in [0.15, 0.2) is 5.90 Å². The summed E-state index contributed by atoms with van der Waals surface area (Å²) in [7, 11) is 0. The van der Waals surface area contributed by atoms with Crippen molar-refractivity contribution in [3.63, 3.8) is 0 Å². The summed E-state index contributed by atoms with van der Waals surface area (Å²) in [6, 6.07) is 10.3. The molecular weight excluding hydrogens is 174 g/mol. The molecule has 1 aromatic rings. The molecule has 0 aromatic heterocycles. The third-order valence-corrected chi connectivity index (χ3v) is 2.48. The molecule has 74 valence electrons. The summed E-state index contributed by atoms with van der Waals surface area (Å²) >= 11 is 0. The number of hydrogen-bond donors (Lipinski definition) is 0. The first-order chi connectivity index (χ1) is 6.86. The molecule has 1 aliphatic heterocycles. The average molecular weight is 189 g/mol. The smallest absolute Gasteiger partial charge is 0.186 e. The fraction of sp³-hybridized carbons (Fsp3) is 0.417. The van der Waals surface area contributed by atoms with E-state index in [2.05, 4.69) is 24.0 Å². The topological polar surface area (TPSA) is 21.6 Å². The van der Waals surface area contributed by atoms with Crippen LogP contribution in [0.15, 0.2) is 35.3 Å². The molecule has 2 rings (SSSR count). The number of ether oxygens (including phenoxy) is 1. The third kappa shape index (κ3) is 2.13. The quantitative estimate of drug-likeness (QED) is 0.700. The molecule has 0 aliphatic carbocycles. The molecule has 1 heterocycles. The van der Waals surface area contributed by atoms with Gasteiger partial charge in [-0.3, -0.25) is 4.99 Å². The number of aliphatic imine (C=N–C) groups is 1. The first kappa shape index (κ1) is 9.25. The van der Waals surface area contributed by atoms with E-state index in [1.807, 2.05) is 18.2 Å². The fourth-order valence-electron chi connectivity index (χ4n) is 1.56. The van der Waals surface area contributed by atoms with Crippen molar-refractivity contribution in [2.24, 2.45) is 10.9 Å². The van der Waals surface area contributed by atoms with Gasteiger partial charge in [0.2, 0.25) is 0 Å². The molecule has 1 aromatic carbocycles. The molecular formula is C12H15NO. The van der Waals surface area contributed by atoms with Gasteiger partial charge >= 0.3 is 0 Å². The predicted molar refractivity (Wildman–Crippen MR) is 57.3 cm³/mol. The van der Waals surface area contributed by atoms with Gasteiger partial charge in [-0.05, 0) is 12.0 Å². The Morgan fingerprint density at radius 1 is 1.36 bits per heavy atom. The van der Waals surface area contributed by atoms with Gasteiger partial charge in [0.05, 0.1) is 13.2 Å². The van der Waals surface area contributed by atoms with E-state index in [1.165, 1.54) is 5.56 Å². The van der Waals surface area contributed by atoms with Crippen molar-refractivity contribution in [2.45, 2.75) is 19.9 Å². The van der Waals surface area contributed by atoms with E-state index in [1.54, 1.807) is 0 Å². The first-order valence-electron chi connectivity index (χ1n) is 5.07. The summed E-state index contributed by atoms with van der Waals surface area (Å²) in [5, 5.41) is 0. The highest BCUT2D eigenvalue weighted by Gasteiger charge is 2.18. The zero-order valence-corrected chi connectivity index (χ0v) is 8.44. The summed E-state index contributed by atoms with van der Waals surface area (Å²) < 4.78 is 5.44. The van der Waals surface area contributed by atoms with E-state index < -0.39 is 0 Å². The molecule has 0 radical (unpaired) electrons. The maximum Gasteiger partial charge on any atom is 0.186 e. The van der Waals surface area contributed by atoms with Crippen molar-refractivity contribution in [3.8, 4) is 0 Å². The largest absolute Gasteiger partial charge is 0.481 e. The van der Waals surface area contributed by atoms with E-state index in [-0.39, 0.29) is 0 Å². The lowest BCUT2D eigenvalue weighted by molar-refractivity contribution is 0.342. The highest BCUT2D eigenvalue weighted by atomic mass is 16.5. The van der Waals surface area contributed by atoms with Crippen LogP contribution in [-0.4, -0.2) is 12.5 Å². The fourth-order valence-corrected chi connectivity index (χ4v) is 1.56. The lowest BCUT2D eigenvalue weighted by Crippen LogP contribution is -2.04. The van der Waals surface area contributed by atoms with Crippen LogP contribution in [0.25, 0.3) is 0 Å². The minimum atomic E-state index is 0.499. The van der Waals surface area contributed by atoms with Gasteiger partial charge in [-0.15, -0.1) is 0 Å². The molecule has 0 N–H and O–H groups in total.